The standard InChI is InChI=1S/C22H32N2/c1-24(2)19-22(21-14-7-4-8-15-21)16-10-18-23-17-9-13-20-11-5-3-6-12-20/h3-8,11-12,14-15,22-23H,9-10,13,16-19H2,1-2H3. The van der Waals surface area contributed by atoms with E-state index in [1.807, 2.05) is 0 Å². The fourth-order valence-corrected chi connectivity index (χ4v) is 3.19. The molecule has 2 aromatic rings. The minimum atomic E-state index is 0.632. The van der Waals surface area contributed by atoms with E-state index in [0.717, 1.165) is 19.6 Å². The number of likely N-dealkylation sites (N-methyl/N-ethyl adjacent to an activating group) is 1. The molecule has 0 fully saturated rings. The first-order valence-electron chi connectivity index (χ1n) is 9.20. The van der Waals surface area contributed by atoms with Gasteiger partial charge in [0.2, 0.25) is 0 Å². The van der Waals surface area contributed by atoms with Crippen molar-refractivity contribution in [1.82, 2.24) is 10.2 Å². The summed E-state index contributed by atoms with van der Waals surface area (Å²) < 4.78 is 0. The van der Waals surface area contributed by atoms with Crippen LogP contribution >= 0.6 is 0 Å². The molecule has 0 radical (unpaired) electrons. The van der Waals surface area contributed by atoms with Gasteiger partial charge in [-0.3, -0.25) is 0 Å². The average molecular weight is 325 g/mol. The van der Waals surface area contributed by atoms with Crippen molar-refractivity contribution in [2.24, 2.45) is 0 Å². The van der Waals surface area contributed by atoms with Gasteiger partial charge in [-0.2, -0.15) is 0 Å². The maximum absolute atomic E-state index is 3.60. The summed E-state index contributed by atoms with van der Waals surface area (Å²) in [5, 5.41) is 3.60. The van der Waals surface area contributed by atoms with Gasteiger partial charge < -0.3 is 10.2 Å². The lowest BCUT2D eigenvalue weighted by molar-refractivity contribution is 0.358. The molecular formula is C22H32N2. The maximum Gasteiger partial charge on any atom is 0.00442 e. The SMILES string of the molecule is CN(C)CC(CCCNCCCc1ccccc1)c1ccccc1. The Labute approximate surface area is 147 Å². The Balaban J connectivity index is 1.62. The molecule has 24 heavy (non-hydrogen) atoms. The van der Waals surface area contributed by atoms with Gasteiger partial charge in [0.15, 0.2) is 0 Å². The van der Waals surface area contributed by atoms with Crippen LogP contribution in [-0.2, 0) is 6.42 Å². The summed E-state index contributed by atoms with van der Waals surface area (Å²) in [4.78, 5) is 2.30. The Hall–Kier alpha value is -1.64. The van der Waals surface area contributed by atoms with Gasteiger partial charge in [-0.25, -0.2) is 0 Å². The first-order valence-corrected chi connectivity index (χ1v) is 9.20. The summed E-state index contributed by atoms with van der Waals surface area (Å²) in [5.41, 5.74) is 2.91. The van der Waals surface area contributed by atoms with Gasteiger partial charge in [-0.15, -0.1) is 0 Å². The largest absolute Gasteiger partial charge is 0.317 e. The molecule has 0 saturated heterocycles. The van der Waals surface area contributed by atoms with E-state index in [0.29, 0.717) is 5.92 Å². The number of nitrogens with one attached hydrogen (secondary N) is 1. The smallest absolute Gasteiger partial charge is 0.00442 e. The van der Waals surface area contributed by atoms with Gasteiger partial charge in [0.25, 0.3) is 0 Å². The summed E-state index contributed by atoms with van der Waals surface area (Å²) in [6.45, 7) is 3.35. The topological polar surface area (TPSA) is 15.3 Å². The first kappa shape index (κ1) is 18.7. The lowest BCUT2D eigenvalue weighted by atomic mass is 9.94. The Morgan fingerprint density at radius 2 is 1.46 bits per heavy atom. The summed E-state index contributed by atoms with van der Waals surface area (Å²) in [5.74, 6) is 0.632. The van der Waals surface area contributed by atoms with Crippen LogP contribution in [0.4, 0.5) is 0 Å². The highest BCUT2D eigenvalue weighted by Gasteiger charge is 2.11. The Kier molecular flexibility index (Phi) is 8.58. The van der Waals surface area contributed by atoms with Crippen molar-refractivity contribution in [2.75, 3.05) is 33.7 Å². The van der Waals surface area contributed by atoms with Crippen LogP contribution in [0.2, 0.25) is 0 Å². The van der Waals surface area contributed by atoms with Crippen LogP contribution in [0, 0.1) is 0 Å². The Morgan fingerprint density at radius 1 is 0.833 bits per heavy atom. The molecule has 0 spiro atoms. The lowest BCUT2D eigenvalue weighted by Crippen LogP contribution is -2.22. The van der Waals surface area contributed by atoms with Crippen molar-refractivity contribution in [2.45, 2.75) is 31.6 Å². The molecule has 2 nitrogen and oxygen atoms in total. The number of hydrogen-bond donors (Lipinski definition) is 1. The third-order valence-corrected chi connectivity index (χ3v) is 4.42. The quantitative estimate of drug-likeness (QED) is 0.619. The molecule has 0 aromatic heterocycles. The Bertz CT molecular complexity index is 536. The molecule has 0 aliphatic heterocycles. The second-order valence-corrected chi connectivity index (χ2v) is 6.85. The van der Waals surface area contributed by atoms with Crippen molar-refractivity contribution in [3.8, 4) is 0 Å². The monoisotopic (exact) mass is 324 g/mol. The van der Waals surface area contributed by atoms with Gasteiger partial charge >= 0.3 is 0 Å². The molecular weight excluding hydrogens is 292 g/mol. The van der Waals surface area contributed by atoms with E-state index in [-0.39, 0.29) is 0 Å². The lowest BCUT2D eigenvalue weighted by Gasteiger charge is -2.21. The highest BCUT2D eigenvalue weighted by molar-refractivity contribution is 5.19. The fourth-order valence-electron chi connectivity index (χ4n) is 3.19. The van der Waals surface area contributed by atoms with E-state index in [4.69, 9.17) is 0 Å². The van der Waals surface area contributed by atoms with Gasteiger partial charge in [-0.05, 0) is 69.9 Å². The van der Waals surface area contributed by atoms with Crippen molar-refractivity contribution in [3.63, 3.8) is 0 Å². The third kappa shape index (κ3) is 7.29. The molecule has 1 N–H and O–H groups in total. The molecule has 0 aliphatic rings. The van der Waals surface area contributed by atoms with E-state index in [1.54, 1.807) is 0 Å². The van der Waals surface area contributed by atoms with Crippen LogP contribution in [-0.4, -0.2) is 38.6 Å². The second-order valence-electron chi connectivity index (χ2n) is 6.85. The van der Waals surface area contributed by atoms with Crippen LogP contribution in [0.25, 0.3) is 0 Å². The molecule has 0 heterocycles. The zero-order chi connectivity index (χ0) is 17.0. The highest BCUT2D eigenvalue weighted by atomic mass is 15.1. The van der Waals surface area contributed by atoms with Crippen LogP contribution in [0.1, 0.15) is 36.3 Å². The normalized spacial score (nSPS) is 12.5. The van der Waals surface area contributed by atoms with Gasteiger partial charge in [0, 0.05) is 6.54 Å². The van der Waals surface area contributed by atoms with Crippen LogP contribution < -0.4 is 5.32 Å². The number of hydrogen-bond acceptors (Lipinski definition) is 2. The number of aryl methyl sites for hydroxylation is 1. The van der Waals surface area contributed by atoms with E-state index < -0.39 is 0 Å². The van der Waals surface area contributed by atoms with Crippen molar-refractivity contribution < 1.29 is 0 Å². The number of benzene rings is 2. The van der Waals surface area contributed by atoms with E-state index in [9.17, 15) is 0 Å². The molecule has 1 atom stereocenters. The Morgan fingerprint density at radius 3 is 2.12 bits per heavy atom. The maximum atomic E-state index is 3.60. The van der Waals surface area contributed by atoms with Crippen molar-refractivity contribution in [3.05, 3.63) is 71.8 Å². The van der Waals surface area contributed by atoms with Gasteiger partial charge in [0.05, 0.1) is 0 Å². The van der Waals surface area contributed by atoms with Crippen molar-refractivity contribution in [1.29, 1.82) is 0 Å². The van der Waals surface area contributed by atoms with Crippen LogP contribution in [0.3, 0.4) is 0 Å². The summed E-state index contributed by atoms with van der Waals surface area (Å²) >= 11 is 0. The van der Waals surface area contributed by atoms with E-state index in [1.165, 1.54) is 36.8 Å². The molecule has 2 heteroatoms. The number of rotatable bonds is 11. The first-order chi connectivity index (χ1) is 11.8. The van der Waals surface area contributed by atoms with Gasteiger partial charge in [-0.1, -0.05) is 60.7 Å². The minimum Gasteiger partial charge on any atom is -0.317 e. The van der Waals surface area contributed by atoms with Crippen molar-refractivity contribution >= 4 is 0 Å². The minimum absolute atomic E-state index is 0.632. The fraction of sp³-hybridized carbons (Fsp3) is 0.455. The molecule has 1 unspecified atom stereocenters. The predicted molar refractivity (Wildman–Crippen MR) is 105 cm³/mol. The van der Waals surface area contributed by atoms with Crippen LogP contribution in [0.5, 0.6) is 0 Å². The van der Waals surface area contributed by atoms with E-state index in [2.05, 4.69) is 85.0 Å². The highest BCUT2D eigenvalue weighted by Crippen LogP contribution is 2.21. The second kappa shape index (κ2) is 11.0. The van der Waals surface area contributed by atoms with Gasteiger partial charge in [0.1, 0.15) is 0 Å². The predicted octanol–water partition coefficient (Wildman–Crippen LogP) is 4.33. The average Bonchev–Trinajstić information content (AvgIpc) is 2.61. The summed E-state index contributed by atoms with van der Waals surface area (Å²) in [6.07, 6.45) is 4.86. The zero-order valence-electron chi connectivity index (χ0n) is 15.2. The number of nitrogens with zero attached hydrogens (tertiary/aromatic N) is 1. The molecule has 130 valence electrons. The molecule has 2 rings (SSSR count). The third-order valence-electron chi connectivity index (χ3n) is 4.42. The molecule has 2 aromatic carbocycles. The van der Waals surface area contributed by atoms with Crippen LogP contribution in [0.15, 0.2) is 60.7 Å². The summed E-state index contributed by atoms with van der Waals surface area (Å²) in [7, 11) is 4.33. The van der Waals surface area contributed by atoms with E-state index >= 15 is 0 Å². The zero-order valence-corrected chi connectivity index (χ0v) is 15.2. The summed E-state index contributed by atoms with van der Waals surface area (Å²) in [6, 6.07) is 21.7. The molecule has 0 bridgehead atoms. The molecule has 0 saturated carbocycles. The molecule has 0 aliphatic carbocycles. The molecule has 0 amide bonds.